The van der Waals surface area contributed by atoms with Gasteiger partial charge in [-0.3, -0.25) is 9.59 Å². The molecule has 6 heteroatoms. The minimum absolute atomic E-state index is 0.0735. The number of carbonyl (C=O) groups is 2. The summed E-state index contributed by atoms with van der Waals surface area (Å²) in [4.78, 5) is 29.1. The van der Waals surface area contributed by atoms with Crippen LogP contribution in [0.5, 0.6) is 0 Å². The molecule has 2 fully saturated rings. The Morgan fingerprint density at radius 2 is 2.14 bits per heavy atom. The maximum Gasteiger partial charge on any atom is 0.235 e. The Labute approximate surface area is 130 Å². The normalized spacial score (nSPS) is 19.3. The van der Waals surface area contributed by atoms with Gasteiger partial charge >= 0.3 is 0 Å². The number of carbonyl (C=O) groups excluding carboxylic acids is 2. The van der Waals surface area contributed by atoms with Gasteiger partial charge in [0.05, 0.1) is 0 Å². The van der Waals surface area contributed by atoms with Gasteiger partial charge in [-0.25, -0.2) is 4.98 Å². The summed E-state index contributed by atoms with van der Waals surface area (Å²) in [6.07, 6.45) is 8.95. The standard InChI is InChI=1S/C16H24N4O2/c1-2-13-17-8-10-20(13)11-9-18-14(21)16(6-3-7-16)15(22)19-12-4-5-12/h8,10,12H,2-7,9,11H2,1H3,(H,18,21)(H,19,22). The molecule has 0 radical (unpaired) electrons. The molecular weight excluding hydrogens is 280 g/mol. The van der Waals surface area contributed by atoms with Crippen LogP contribution in [0.4, 0.5) is 0 Å². The highest BCUT2D eigenvalue weighted by Gasteiger charge is 2.51. The molecule has 2 amide bonds. The van der Waals surface area contributed by atoms with Crippen LogP contribution in [0.3, 0.4) is 0 Å². The molecule has 0 spiro atoms. The summed E-state index contributed by atoms with van der Waals surface area (Å²) in [5.41, 5.74) is -0.814. The van der Waals surface area contributed by atoms with E-state index in [1.165, 1.54) is 0 Å². The Balaban J connectivity index is 1.52. The van der Waals surface area contributed by atoms with Crippen LogP contribution in [0.2, 0.25) is 0 Å². The molecule has 0 aromatic carbocycles. The number of aromatic nitrogens is 2. The third-order valence-electron chi connectivity index (χ3n) is 4.75. The van der Waals surface area contributed by atoms with Crippen LogP contribution in [0.25, 0.3) is 0 Å². The lowest BCUT2D eigenvalue weighted by Gasteiger charge is -2.38. The van der Waals surface area contributed by atoms with Crippen molar-refractivity contribution in [3.8, 4) is 0 Å². The molecule has 0 saturated heterocycles. The Kier molecular flexibility index (Phi) is 4.18. The van der Waals surface area contributed by atoms with Crippen molar-refractivity contribution in [3.63, 3.8) is 0 Å². The first-order chi connectivity index (χ1) is 10.7. The predicted molar refractivity (Wildman–Crippen MR) is 82.1 cm³/mol. The van der Waals surface area contributed by atoms with Crippen LogP contribution < -0.4 is 10.6 Å². The van der Waals surface area contributed by atoms with Crippen molar-refractivity contribution in [2.75, 3.05) is 6.54 Å². The number of amides is 2. The highest BCUT2D eigenvalue weighted by atomic mass is 16.2. The topological polar surface area (TPSA) is 76.0 Å². The summed E-state index contributed by atoms with van der Waals surface area (Å²) >= 11 is 0. The van der Waals surface area contributed by atoms with Crippen LogP contribution in [0.1, 0.15) is 44.9 Å². The highest BCUT2D eigenvalue weighted by Crippen LogP contribution is 2.42. The molecule has 120 valence electrons. The fourth-order valence-electron chi connectivity index (χ4n) is 2.96. The monoisotopic (exact) mass is 304 g/mol. The smallest absolute Gasteiger partial charge is 0.235 e. The predicted octanol–water partition coefficient (Wildman–Crippen LogP) is 1.01. The maximum atomic E-state index is 12.5. The van der Waals surface area contributed by atoms with Gasteiger partial charge in [0.25, 0.3) is 0 Å². The van der Waals surface area contributed by atoms with E-state index in [9.17, 15) is 9.59 Å². The van der Waals surface area contributed by atoms with E-state index in [1.54, 1.807) is 6.20 Å². The average Bonchev–Trinajstić information content (AvgIpc) is 3.14. The number of nitrogens with one attached hydrogen (secondary N) is 2. The number of hydrogen-bond donors (Lipinski definition) is 2. The van der Waals surface area contributed by atoms with Gasteiger partial charge < -0.3 is 15.2 Å². The number of imidazole rings is 1. The molecule has 3 rings (SSSR count). The van der Waals surface area contributed by atoms with Crippen molar-refractivity contribution in [1.82, 2.24) is 20.2 Å². The second kappa shape index (κ2) is 6.10. The summed E-state index contributed by atoms with van der Waals surface area (Å²) < 4.78 is 2.04. The molecule has 2 saturated carbocycles. The molecule has 2 aliphatic rings. The van der Waals surface area contributed by atoms with Gasteiger partial charge in [-0.1, -0.05) is 13.3 Å². The molecule has 2 N–H and O–H groups in total. The van der Waals surface area contributed by atoms with Crippen molar-refractivity contribution in [3.05, 3.63) is 18.2 Å². The maximum absolute atomic E-state index is 12.5. The number of nitrogens with zero attached hydrogens (tertiary/aromatic N) is 2. The third-order valence-corrected chi connectivity index (χ3v) is 4.75. The second-order valence-electron chi connectivity index (χ2n) is 6.33. The van der Waals surface area contributed by atoms with Crippen LogP contribution >= 0.6 is 0 Å². The van der Waals surface area contributed by atoms with E-state index >= 15 is 0 Å². The largest absolute Gasteiger partial charge is 0.353 e. The van der Waals surface area contributed by atoms with E-state index in [-0.39, 0.29) is 11.8 Å². The Morgan fingerprint density at radius 1 is 1.36 bits per heavy atom. The minimum Gasteiger partial charge on any atom is -0.353 e. The molecule has 0 aliphatic heterocycles. The molecule has 0 bridgehead atoms. The summed E-state index contributed by atoms with van der Waals surface area (Å²) in [6, 6.07) is 0.302. The van der Waals surface area contributed by atoms with Gasteiger partial charge in [0.15, 0.2) is 0 Å². The lowest BCUT2D eigenvalue weighted by molar-refractivity contribution is -0.149. The van der Waals surface area contributed by atoms with E-state index in [2.05, 4.69) is 22.5 Å². The van der Waals surface area contributed by atoms with E-state index in [1.807, 2.05) is 10.8 Å². The van der Waals surface area contributed by atoms with Crippen LogP contribution in [0.15, 0.2) is 12.4 Å². The molecule has 6 nitrogen and oxygen atoms in total. The zero-order chi connectivity index (χ0) is 15.6. The van der Waals surface area contributed by atoms with Crippen molar-refractivity contribution in [1.29, 1.82) is 0 Å². The van der Waals surface area contributed by atoms with Crippen molar-refractivity contribution in [2.24, 2.45) is 5.41 Å². The van der Waals surface area contributed by atoms with Crippen molar-refractivity contribution < 1.29 is 9.59 Å². The van der Waals surface area contributed by atoms with Crippen LogP contribution in [0, 0.1) is 5.41 Å². The summed E-state index contributed by atoms with van der Waals surface area (Å²) in [5.74, 6) is 0.824. The van der Waals surface area contributed by atoms with Gasteiger partial charge in [-0.05, 0) is 25.7 Å². The third kappa shape index (κ3) is 2.87. The zero-order valence-corrected chi connectivity index (χ0v) is 13.1. The van der Waals surface area contributed by atoms with Crippen LogP contribution in [-0.2, 0) is 22.6 Å². The SMILES string of the molecule is CCc1nccn1CCNC(=O)C1(C(=O)NC2CC2)CCC1. The van der Waals surface area contributed by atoms with Gasteiger partial charge in [-0.15, -0.1) is 0 Å². The van der Waals surface area contributed by atoms with Crippen molar-refractivity contribution in [2.45, 2.75) is 58.0 Å². The first-order valence-electron chi connectivity index (χ1n) is 8.25. The molecule has 2 aliphatic carbocycles. The summed E-state index contributed by atoms with van der Waals surface area (Å²) in [7, 11) is 0. The first kappa shape index (κ1) is 15.1. The number of aryl methyl sites for hydroxylation is 1. The summed E-state index contributed by atoms with van der Waals surface area (Å²) in [5, 5.41) is 5.93. The first-order valence-corrected chi connectivity index (χ1v) is 8.25. The van der Waals surface area contributed by atoms with Crippen molar-refractivity contribution >= 4 is 11.8 Å². The fraction of sp³-hybridized carbons (Fsp3) is 0.688. The fourth-order valence-corrected chi connectivity index (χ4v) is 2.96. The van der Waals surface area contributed by atoms with Gasteiger partial charge in [0.2, 0.25) is 11.8 Å². The zero-order valence-electron chi connectivity index (χ0n) is 13.1. The molecule has 1 aromatic rings. The highest BCUT2D eigenvalue weighted by molar-refractivity contribution is 6.06. The van der Waals surface area contributed by atoms with E-state index in [4.69, 9.17) is 0 Å². The quantitative estimate of drug-likeness (QED) is 0.738. The lowest BCUT2D eigenvalue weighted by atomic mass is 9.67. The Hall–Kier alpha value is -1.85. The Morgan fingerprint density at radius 3 is 2.73 bits per heavy atom. The van der Waals surface area contributed by atoms with Crippen LogP contribution in [-0.4, -0.2) is 34.0 Å². The molecule has 22 heavy (non-hydrogen) atoms. The number of hydrogen-bond acceptors (Lipinski definition) is 3. The van der Waals surface area contributed by atoms with Gasteiger partial charge in [0, 0.05) is 37.9 Å². The summed E-state index contributed by atoms with van der Waals surface area (Å²) in [6.45, 7) is 3.28. The molecule has 0 atom stereocenters. The molecule has 1 aromatic heterocycles. The molecular formula is C16H24N4O2. The van der Waals surface area contributed by atoms with E-state index in [0.717, 1.165) is 31.5 Å². The van der Waals surface area contributed by atoms with E-state index in [0.29, 0.717) is 32.0 Å². The Bertz CT molecular complexity index is 558. The lowest BCUT2D eigenvalue weighted by Crippen LogP contribution is -2.56. The second-order valence-corrected chi connectivity index (χ2v) is 6.33. The average molecular weight is 304 g/mol. The van der Waals surface area contributed by atoms with Gasteiger partial charge in [-0.2, -0.15) is 0 Å². The molecule has 1 heterocycles. The van der Waals surface area contributed by atoms with Gasteiger partial charge in [0.1, 0.15) is 11.2 Å². The molecule has 0 unspecified atom stereocenters. The minimum atomic E-state index is -0.814. The number of rotatable bonds is 7. The van der Waals surface area contributed by atoms with E-state index < -0.39 is 5.41 Å².